The van der Waals surface area contributed by atoms with E-state index in [1.54, 1.807) is 6.20 Å². The van der Waals surface area contributed by atoms with Crippen LogP contribution in [0.3, 0.4) is 0 Å². The third-order valence-corrected chi connectivity index (χ3v) is 4.68. The number of hydrogen-bond donors (Lipinski definition) is 2. The van der Waals surface area contributed by atoms with Crippen molar-refractivity contribution in [2.45, 2.75) is 25.7 Å². The summed E-state index contributed by atoms with van der Waals surface area (Å²) < 4.78 is 0. The van der Waals surface area contributed by atoms with Gasteiger partial charge in [-0.15, -0.1) is 0 Å². The van der Waals surface area contributed by atoms with Crippen LogP contribution in [0, 0.1) is 11.8 Å². The van der Waals surface area contributed by atoms with E-state index in [4.69, 9.17) is 5.73 Å². The predicted octanol–water partition coefficient (Wildman–Crippen LogP) is 1.88. The lowest BCUT2D eigenvalue weighted by Crippen LogP contribution is -2.39. The van der Waals surface area contributed by atoms with Gasteiger partial charge in [-0.3, -0.25) is 0 Å². The first kappa shape index (κ1) is 12.7. The van der Waals surface area contributed by atoms with Crippen molar-refractivity contribution < 1.29 is 0 Å². The van der Waals surface area contributed by atoms with Crippen molar-refractivity contribution >= 4 is 11.5 Å². The Labute approximate surface area is 115 Å². The second kappa shape index (κ2) is 5.78. The molecule has 0 spiro atoms. The van der Waals surface area contributed by atoms with Crippen LogP contribution in [-0.4, -0.2) is 31.2 Å². The second-order valence-electron chi connectivity index (χ2n) is 5.86. The lowest BCUT2D eigenvalue weighted by atomic mass is 9.79. The monoisotopic (exact) mass is 260 g/mol. The molecule has 2 aliphatic heterocycles. The van der Waals surface area contributed by atoms with Crippen molar-refractivity contribution in [3.63, 3.8) is 0 Å². The molecule has 0 amide bonds. The first-order chi connectivity index (χ1) is 9.33. The Morgan fingerprint density at radius 1 is 1.05 bits per heavy atom. The van der Waals surface area contributed by atoms with Crippen molar-refractivity contribution in [1.82, 2.24) is 10.3 Å². The Hall–Kier alpha value is -1.29. The van der Waals surface area contributed by atoms with Gasteiger partial charge in [-0.05, 0) is 62.7 Å². The molecule has 19 heavy (non-hydrogen) atoms. The Morgan fingerprint density at radius 3 is 2.37 bits per heavy atom. The molecule has 0 aliphatic carbocycles. The summed E-state index contributed by atoms with van der Waals surface area (Å²) in [7, 11) is 0. The first-order valence-corrected chi connectivity index (χ1v) is 7.50. The van der Waals surface area contributed by atoms with Crippen LogP contribution in [0.5, 0.6) is 0 Å². The van der Waals surface area contributed by atoms with Crippen molar-refractivity contribution in [3.8, 4) is 0 Å². The topological polar surface area (TPSA) is 54.2 Å². The quantitative estimate of drug-likeness (QED) is 0.852. The van der Waals surface area contributed by atoms with Crippen molar-refractivity contribution in [2.75, 3.05) is 36.8 Å². The highest BCUT2D eigenvalue weighted by Gasteiger charge is 2.27. The van der Waals surface area contributed by atoms with E-state index >= 15 is 0 Å². The third-order valence-electron chi connectivity index (χ3n) is 4.68. The van der Waals surface area contributed by atoms with Crippen molar-refractivity contribution in [1.29, 1.82) is 0 Å². The van der Waals surface area contributed by atoms with Crippen LogP contribution in [0.4, 0.5) is 11.5 Å². The van der Waals surface area contributed by atoms with E-state index in [0.717, 1.165) is 36.4 Å². The van der Waals surface area contributed by atoms with E-state index in [2.05, 4.69) is 15.2 Å². The van der Waals surface area contributed by atoms with Crippen molar-refractivity contribution in [3.05, 3.63) is 18.3 Å². The van der Waals surface area contributed by atoms with Crippen LogP contribution in [0.25, 0.3) is 0 Å². The number of pyridine rings is 1. The van der Waals surface area contributed by atoms with Gasteiger partial charge in [-0.25, -0.2) is 4.98 Å². The van der Waals surface area contributed by atoms with Crippen LogP contribution in [0.1, 0.15) is 25.7 Å². The van der Waals surface area contributed by atoms with E-state index in [0.29, 0.717) is 0 Å². The molecular formula is C15H24N4. The molecule has 3 N–H and O–H groups in total. The summed E-state index contributed by atoms with van der Waals surface area (Å²) >= 11 is 0. The fraction of sp³-hybridized carbons (Fsp3) is 0.667. The average molecular weight is 260 g/mol. The highest BCUT2D eigenvalue weighted by molar-refractivity contribution is 5.45. The van der Waals surface area contributed by atoms with E-state index in [9.17, 15) is 0 Å². The molecule has 3 heterocycles. The fourth-order valence-corrected chi connectivity index (χ4v) is 3.50. The Morgan fingerprint density at radius 2 is 1.74 bits per heavy atom. The standard InChI is InChI=1S/C15H24N4/c16-14-1-2-15(18-11-14)19-9-5-13(6-10-19)12-3-7-17-8-4-12/h1-2,11-13,17H,3-10,16H2. The molecule has 104 valence electrons. The molecule has 2 saturated heterocycles. The summed E-state index contributed by atoms with van der Waals surface area (Å²) in [5.41, 5.74) is 6.43. The largest absolute Gasteiger partial charge is 0.397 e. The Bertz CT molecular complexity index is 389. The van der Waals surface area contributed by atoms with Gasteiger partial charge in [0.25, 0.3) is 0 Å². The highest BCUT2D eigenvalue weighted by Crippen LogP contribution is 2.31. The zero-order valence-corrected chi connectivity index (χ0v) is 11.5. The molecular weight excluding hydrogens is 236 g/mol. The van der Waals surface area contributed by atoms with Crippen LogP contribution in [-0.2, 0) is 0 Å². The summed E-state index contributed by atoms with van der Waals surface area (Å²) in [5, 5.41) is 3.46. The van der Waals surface area contributed by atoms with Gasteiger partial charge in [-0.2, -0.15) is 0 Å². The summed E-state index contributed by atoms with van der Waals surface area (Å²) in [4.78, 5) is 6.83. The predicted molar refractivity (Wildman–Crippen MR) is 79.2 cm³/mol. The molecule has 4 heteroatoms. The van der Waals surface area contributed by atoms with Crippen LogP contribution in [0.2, 0.25) is 0 Å². The molecule has 0 bridgehead atoms. The van der Waals surface area contributed by atoms with Gasteiger partial charge in [0.2, 0.25) is 0 Å². The number of nitrogens with two attached hydrogens (primary N) is 1. The van der Waals surface area contributed by atoms with E-state index < -0.39 is 0 Å². The maximum Gasteiger partial charge on any atom is 0.128 e. The number of nitrogens with zero attached hydrogens (tertiary/aromatic N) is 2. The normalized spacial score (nSPS) is 22.6. The number of hydrogen-bond acceptors (Lipinski definition) is 4. The van der Waals surface area contributed by atoms with Gasteiger partial charge in [0.15, 0.2) is 0 Å². The molecule has 0 aromatic carbocycles. The van der Waals surface area contributed by atoms with Gasteiger partial charge in [0.1, 0.15) is 5.82 Å². The summed E-state index contributed by atoms with van der Waals surface area (Å²) in [6, 6.07) is 3.99. The van der Waals surface area contributed by atoms with E-state index in [-0.39, 0.29) is 0 Å². The van der Waals surface area contributed by atoms with Gasteiger partial charge in [0, 0.05) is 13.1 Å². The fourth-order valence-electron chi connectivity index (χ4n) is 3.50. The zero-order chi connectivity index (χ0) is 13.1. The number of aromatic nitrogens is 1. The second-order valence-corrected chi connectivity index (χ2v) is 5.86. The molecule has 2 fully saturated rings. The van der Waals surface area contributed by atoms with Gasteiger partial charge >= 0.3 is 0 Å². The van der Waals surface area contributed by atoms with Crippen LogP contribution < -0.4 is 16.0 Å². The van der Waals surface area contributed by atoms with Crippen LogP contribution in [0.15, 0.2) is 18.3 Å². The Balaban J connectivity index is 1.55. The number of anilines is 2. The molecule has 1 aromatic heterocycles. The molecule has 0 saturated carbocycles. The van der Waals surface area contributed by atoms with Gasteiger partial charge in [-0.1, -0.05) is 0 Å². The summed E-state index contributed by atoms with van der Waals surface area (Å²) in [6.45, 7) is 4.71. The van der Waals surface area contributed by atoms with E-state index in [1.165, 1.54) is 38.8 Å². The molecule has 2 aliphatic rings. The summed E-state index contributed by atoms with van der Waals surface area (Å²) in [6.07, 6.45) is 7.12. The lowest BCUT2D eigenvalue weighted by molar-refractivity contribution is 0.222. The van der Waals surface area contributed by atoms with Gasteiger partial charge in [0.05, 0.1) is 11.9 Å². The minimum Gasteiger partial charge on any atom is -0.397 e. The first-order valence-electron chi connectivity index (χ1n) is 7.50. The number of rotatable bonds is 2. The van der Waals surface area contributed by atoms with Gasteiger partial charge < -0.3 is 16.0 Å². The number of piperidine rings is 2. The average Bonchev–Trinajstić information content (AvgIpc) is 2.49. The smallest absolute Gasteiger partial charge is 0.128 e. The maximum atomic E-state index is 5.69. The maximum absolute atomic E-state index is 5.69. The van der Waals surface area contributed by atoms with Crippen LogP contribution >= 0.6 is 0 Å². The molecule has 0 radical (unpaired) electrons. The molecule has 1 aromatic rings. The minimum absolute atomic E-state index is 0.744. The SMILES string of the molecule is Nc1ccc(N2CCC(C3CCNCC3)CC2)nc1. The highest BCUT2D eigenvalue weighted by atomic mass is 15.2. The number of nitrogens with one attached hydrogen (secondary N) is 1. The molecule has 3 rings (SSSR count). The minimum atomic E-state index is 0.744. The molecule has 4 nitrogen and oxygen atoms in total. The Kier molecular flexibility index (Phi) is 3.87. The lowest BCUT2D eigenvalue weighted by Gasteiger charge is -2.38. The summed E-state index contributed by atoms with van der Waals surface area (Å²) in [5.74, 6) is 2.95. The van der Waals surface area contributed by atoms with E-state index in [1.807, 2.05) is 12.1 Å². The third kappa shape index (κ3) is 3.00. The zero-order valence-electron chi connectivity index (χ0n) is 11.5. The molecule has 0 unspecified atom stereocenters. The molecule has 0 atom stereocenters. The number of nitrogen functional groups attached to an aromatic ring is 1. The van der Waals surface area contributed by atoms with Crippen molar-refractivity contribution in [2.24, 2.45) is 11.8 Å².